The lowest BCUT2D eigenvalue weighted by atomic mass is 10.1. The Morgan fingerprint density at radius 1 is 1.33 bits per heavy atom. The van der Waals surface area contributed by atoms with E-state index in [0.29, 0.717) is 0 Å². The number of nitrogens with zero attached hydrogens (tertiary/aromatic N) is 2. The van der Waals surface area contributed by atoms with Gasteiger partial charge in [-0.15, -0.1) is 0 Å². The molecule has 0 aliphatic carbocycles. The Hall–Kier alpha value is -1.56. The zero-order chi connectivity index (χ0) is 11.1. The maximum atomic E-state index is 12.3. The van der Waals surface area contributed by atoms with E-state index in [1.54, 1.807) is 12.1 Å². The first-order valence-corrected chi connectivity index (χ1v) is 4.17. The Labute approximate surface area is 82.8 Å². The van der Waals surface area contributed by atoms with Gasteiger partial charge in [-0.3, -0.25) is 0 Å². The Bertz CT molecular complexity index is 477. The maximum Gasteiger partial charge on any atom is 0.418 e. The summed E-state index contributed by atoms with van der Waals surface area (Å²) < 4.78 is 38.0. The average molecular weight is 216 g/mol. The normalized spacial score (nSPS) is 14.4. The van der Waals surface area contributed by atoms with Gasteiger partial charge in [0, 0.05) is 11.8 Å². The zero-order valence-corrected chi connectivity index (χ0v) is 7.44. The highest BCUT2D eigenvalue weighted by atomic mass is 19.4. The Balaban J connectivity index is 2.53. The van der Waals surface area contributed by atoms with Gasteiger partial charge in [0.1, 0.15) is 0 Å². The van der Waals surface area contributed by atoms with Gasteiger partial charge < -0.3 is 5.11 Å². The molecule has 1 atom stereocenters. The molecule has 0 spiro atoms. The van der Waals surface area contributed by atoms with Gasteiger partial charge >= 0.3 is 6.18 Å². The van der Waals surface area contributed by atoms with Crippen molar-refractivity contribution in [2.24, 2.45) is 0 Å². The lowest BCUT2D eigenvalue weighted by Gasteiger charge is -2.12. The number of hydrogen-bond donors (Lipinski definition) is 1. The van der Waals surface area contributed by atoms with Gasteiger partial charge in [-0.2, -0.15) is 18.3 Å². The molecule has 6 heteroatoms. The molecule has 0 radical (unpaired) electrons. The SMILES string of the molecule is OC(c1cnn2ccccc12)C(F)(F)F. The molecule has 0 bridgehead atoms. The Morgan fingerprint density at radius 2 is 2.07 bits per heavy atom. The van der Waals surface area contributed by atoms with E-state index in [1.165, 1.54) is 16.8 Å². The fourth-order valence-corrected chi connectivity index (χ4v) is 1.34. The smallest absolute Gasteiger partial charge is 0.379 e. The molecule has 2 aromatic rings. The molecule has 0 amide bonds. The van der Waals surface area contributed by atoms with Crippen LogP contribution in [0.25, 0.3) is 5.52 Å². The fourth-order valence-electron chi connectivity index (χ4n) is 1.34. The van der Waals surface area contributed by atoms with Crippen LogP contribution < -0.4 is 0 Å². The predicted molar refractivity (Wildman–Crippen MR) is 46.2 cm³/mol. The van der Waals surface area contributed by atoms with E-state index in [4.69, 9.17) is 5.11 Å². The fraction of sp³-hybridized carbons (Fsp3) is 0.222. The number of alkyl halides is 3. The molecule has 1 unspecified atom stereocenters. The molecule has 80 valence electrons. The molecule has 2 heterocycles. The Morgan fingerprint density at radius 3 is 2.73 bits per heavy atom. The van der Waals surface area contributed by atoms with E-state index in [1.807, 2.05) is 0 Å². The number of pyridine rings is 1. The van der Waals surface area contributed by atoms with Gasteiger partial charge in [0.2, 0.25) is 0 Å². The lowest BCUT2D eigenvalue weighted by molar-refractivity contribution is -0.206. The van der Waals surface area contributed by atoms with Gasteiger partial charge in [-0.25, -0.2) is 4.52 Å². The first kappa shape index (κ1) is 9.97. The predicted octanol–water partition coefficient (Wildman–Crippen LogP) is 1.93. The molecule has 1 N–H and O–H groups in total. The highest BCUT2D eigenvalue weighted by molar-refractivity contribution is 5.54. The van der Waals surface area contributed by atoms with Gasteiger partial charge in [-0.1, -0.05) is 6.07 Å². The molecule has 2 aromatic heterocycles. The monoisotopic (exact) mass is 216 g/mol. The number of hydrogen-bond acceptors (Lipinski definition) is 2. The van der Waals surface area contributed by atoms with Crippen molar-refractivity contribution in [2.75, 3.05) is 0 Å². The molecule has 0 aliphatic heterocycles. The number of rotatable bonds is 1. The summed E-state index contributed by atoms with van der Waals surface area (Å²) in [6, 6.07) is 4.70. The average Bonchev–Trinajstić information content (AvgIpc) is 2.58. The number of aromatic nitrogens is 2. The van der Waals surface area contributed by atoms with Crippen molar-refractivity contribution in [1.82, 2.24) is 9.61 Å². The van der Waals surface area contributed by atoms with E-state index in [0.717, 1.165) is 6.20 Å². The van der Waals surface area contributed by atoms with Crippen molar-refractivity contribution in [3.05, 3.63) is 36.2 Å². The van der Waals surface area contributed by atoms with Crippen LogP contribution in [0.15, 0.2) is 30.6 Å². The maximum absolute atomic E-state index is 12.3. The number of aliphatic hydroxyl groups is 1. The molecular weight excluding hydrogens is 209 g/mol. The first-order valence-electron chi connectivity index (χ1n) is 4.17. The zero-order valence-electron chi connectivity index (χ0n) is 7.44. The highest BCUT2D eigenvalue weighted by Crippen LogP contribution is 2.34. The summed E-state index contributed by atoms with van der Waals surface area (Å²) in [6.07, 6.45) is -4.62. The first-order chi connectivity index (χ1) is 7.00. The lowest BCUT2D eigenvalue weighted by Crippen LogP contribution is -2.19. The topological polar surface area (TPSA) is 37.5 Å². The van der Waals surface area contributed by atoms with Crippen molar-refractivity contribution in [3.63, 3.8) is 0 Å². The van der Waals surface area contributed by atoms with E-state index in [2.05, 4.69) is 5.10 Å². The summed E-state index contributed by atoms with van der Waals surface area (Å²) >= 11 is 0. The van der Waals surface area contributed by atoms with Crippen LogP contribution in [0, 0.1) is 0 Å². The second kappa shape index (κ2) is 3.23. The quantitative estimate of drug-likeness (QED) is 0.790. The van der Waals surface area contributed by atoms with Gasteiger partial charge in [0.15, 0.2) is 6.10 Å². The van der Waals surface area contributed by atoms with E-state index < -0.39 is 12.3 Å². The van der Waals surface area contributed by atoms with Gasteiger partial charge in [0.05, 0.1) is 11.7 Å². The summed E-state index contributed by atoms with van der Waals surface area (Å²) in [5.41, 5.74) is 0.0189. The van der Waals surface area contributed by atoms with Crippen molar-refractivity contribution in [1.29, 1.82) is 0 Å². The summed E-state index contributed by atoms with van der Waals surface area (Å²) in [7, 11) is 0. The molecule has 3 nitrogen and oxygen atoms in total. The van der Waals surface area contributed by atoms with Crippen LogP contribution in [-0.2, 0) is 0 Å². The van der Waals surface area contributed by atoms with Crippen LogP contribution in [0.3, 0.4) is 0 Å². The van der Waals surface area contributed by atoms with E-state index in [9.17, 15) is 13.2 Å². The third kappa shape index (κ3) is 1.68. The molecular formula is C9H7F3N2O. The second-order valence-electron chi connectivity index (χ2n) is 3.07. The Kier molecular flexibility index (Phi) is 2.15. The third-order valence-corrected chi connectivity index (χ3v) is 2.06. The number of fused-ring (bicyclic) bond motifs is 1. The van der Waals surface area contributed by atoms with Gasteiger partial charge in [-0.05, 0) is 12.1 Å². The molecule has 0 aliphatic rings. The van der Waals surface area contributed by atoms with Crippen LogP contribution in [0.2, 0.25) is 0 Å². The molecule has 0 saturated carbocycles. The van der Waals surface area contributed by atoms with E-state index >= 15 is 0 Å². The van der Waals surface area contributed by atoms with E-state index in [-0.39, 0.29) is 11.1 Å². The summed E-state index contributed by atoms with van der Waals surface area (Å²) in [5, 5.41) is 12.8. The van der Waals surface area contributed by atoms with Crippen LogP contribution >= 0.6 is 0 Å². The standard InChI is InChI=1S/C9H7F3N2O/c10-9(11,12)8(15)6-5-13-14-4-2-1-3-7(6)14/h1-5,8,15H. The molecule has 0 aromatic carbocycles. The largest absolute Gasteiger partial charge is 0.418 e. The van der Waals surface area contributed by atoms with Crippen molar-refractivity contribution in [3.8, 4) is 0 Å². The van der Waals surface area contributed by atoms with Crippen LogP contribution in [0.1, 0.15) is 11.7 Å². The molecule has 15 heavy (non-hydrogen) atoms. The minimum Gasteiger partial charge on any atom is -0.379 e. The second-order valence-corrected chi connectivity index (χ2v) is 3.07. The van der Waals surface area contributed by atoms with Crippen molar-refractivity contribution >= 4 is 5.52 Å². The van der Waals surface area contributed by atoms with Crippen molar-refractivity contribution in [2.45, 2.75) is 12.3 Å². The number of halogens is 3. The minimum atomic E-state index is -4.67. The number of aliphatic hydroxyl groups excluding tert-OH is 1. The van der Waals surface area contributed by atoms with Crippen LogP contribution in [-0.4, -0.2) is 20.9 Å². The summed E-state index contributed by atoms with van der Waals surface area (Å²) in [6.45, 7) is 0. The van der Waals surface area contributed by atoms with Crippen LogP contribution in [0.4, 0.5) is 13.2 Å². The summed E-state index contributed by atoms with van der Waals surface area (Å²) in [4.78, 5) is 0. The molecule has 2 rings (SSSR count). The minimum absolute atomic E-state index is 0.233. The molecule has 0 saturated heterocycles. The third-order valence-electron chi connectivity index (χ3n) is 2.06. The summed E-state index contributed by atoms with van der Waals surface area (Å²) in [5.74, 6) is 0. The molecule has 0 fully saturated rings. The highest BCUT2D eigenvalue weighted by Gasteiger charge is 2.40. The van der Waals surface area contributed by atoms with Crippen molar-refractivity contribution < 1.29 is 18.3 Å². The van der Waals surface area contributed by atoms with Gasteiger partial charge in [0.25, 0.3) is 0 Å². The van der Waals surface area contributed by atoms with Crippen LogP contribution in [0.5, 0.6) is 0 Å².